The molecule has 0 radical (unpaired) electrons. The molecule has 0 bridgehead atoms. The minimum Gasteiger partial charge on any atom is -0.348 e. The van der Waals surface area contributed by atoms with Crippen LogP contribution in [0.2, 0.25) is 0 Å². The van der Waals surface area contributed by atoms with E-state index in [9.17, 15) is 13.2 Å². The van der Waals surface area contributed by atoms with Gasteiger partial charge >= 0.3 is 0 Å². The number of carbonyl (C=O) groups excluding carboxylic acids is 1. The molecule has 2 atom stereocenters. The van der Waals surface area contributed by atoms with E-state index in [1.807, 2.05) is 58.0 Å². The molecule has 158 valence electrons. The van der Waals surface area contributed by atoms with Gasteiger partial charge in [-0.3, -0.25) is 4.79 Å². The van der Waals surface area contributed by atoms with Crippen LogP contribution in [-0.2, 0) is 14.8 Å². The fourth-order valence-electron chi connectivity index (χ4n) is 3.12. The third-order valence-electron chi connectivity index (χ3n) is 4.97. The lowest BCUT2D eigenvalue weighted by atomic mass is 10.1. The monoisotopic (exact) mass is 417 g/mol. The topological polar surface area (TPSA) is 78.5 Å². The maximum atomic E-state index is 12.6. The summed E-state index contributed by atoms with van der Waals surface area (Å²) in [5.74, 6) is -0.0889. The SMILES string of the molecule is CCN(CC)S(=O)(=O)c1ccc([C@H](C)NCC(=O)N[C@H](C)c2ccccc2)cc1. The number of amides is 1. The molecule has 0 spiro atoms. The van der Waals surface area contributed by atoms with E-state index in [4.69, 9.17) is 0 Å². The van der Waals surface area contributed by atoms with Crippen molar-refractivity contribution in [2.45, 2.75) is 44.7 Å². The van der Waals surface area contributed by atoms with Gasteiger partial charge in [-0.2, -0.15) is 4.31 Å². The molecule has 0 fully saturated rings. The van der Waals surface area contributed by atoms with Gasteiger partial charge in [0.25, 0.3) is 0 Å². The van der Waals surface area contributed by atoms with Crippen molar-refractivity contribution in [3.8, 4) is 0 Å². The molecule has 0 saturated heterocycles. The summed E-state index contributed by atoms with van der Waals surface area (Å²) in [6, 6.07) is 16.5. The Morgan fingerprint density at radius 1 is 0.897 bits per heavy atom. The third kappa shape index (κ3) is 6.13. The van der Waals surface area contributed by atoms with E-state index in [2.05, 4.69) is 10.6 Å². The summed E-state index contributed by atoms with van der Waals surface area (Å²) in [6.07, 6.45) is 0. The van der Waals surface area contributed by atoms with Crippen molar-refractivity contribution in [2.24, 2.45) is 0 Å². The van der Waals surface area contributed by atoms with Gasteiger partial charge in [0.05, 0.1) is 17.5 Å². The summed E-state index contributed by atoms with van der Waals surface area (Å²) in [7, 11) is -3.46. The van der Waals surface area contributed by atoms with Crippen LogP contribution in [0.25, 0.3) is 0 Å². The minimum absolute atomic E-state index is 0.0645. The summed E-state index contributed by atoms with van der Waals surface area (Å²) in [5, 5.41) is 6.16. The Kier molecular flexibility index (Phi) is 8.37. The Morgan fingerprint density at radius 3 is 2.00 bits per heavy atom. The lowest BCUT2D eigenvalue weighted by Gasteiger charge is -2.20. The van der Waals surface area contributed by atoms with E-state index >= 15 is 0 Å². The zero-order chi connectivity index (χ0) is 21.4. The number of nitrogens with zero attached hydrogens (tertiary/aromatic N) is 1. The maximum Gasteiger partial charge on any atom is 0.243 e. The predicted molar refractivity (Wildman–Crippen MR) is 116 cm³/mol. The van der Waals surface area contributed by atoms with Crippen LogP contribution in [0.5, 0.6) is 0 Å². The van der Waals surface area contributed by atoms with E-state index in [1.54, 1.807) is 24.3 Å². The van der Waals surface area contributed by atoms with Crippen LogP contribution in [0.4, 0.5) is 0 Å². The van der Waals surface area contributed by atoms with Gasteiger partial charge in [-0.25, -0.2) is 8.42 Å². The van der Waals surface area contributed by atoms with Crippen molar-refractivity contribution < 1.29 is 13.2 Å². The summed E-state index contributed by atoms with van der Waals surface area (Å²) >= 11 is 0. The van der Waals surface area contributed by atoms with Gasteiger partial charge in [0, 0.05) is 19.1 Å². The molecule has 2 N–H and O–H groups in total. The van der Waals surface area contributed by atoms with Crippen molar-refractivity contribution in [3.05, 3.63) is 65.7 Å². The number of hydrogen-bond acceptors (Lipinski definition) is 4. The molecule has 2 aromatic rings. The van der Waals surface area contributed by atoms with Gasteiger partial charge in [0.15, 0.2) is 0 Å². The number of nitrogens with one attached hydrogen (secondary N) is 2. The Hall–Kier alpha value is -2.22. The van der Waals surface area contributed by atoms with E-state index in [0.29, 0.717) is 13.1 Å². The molecule has 0 unspecified atom stereocenters. The lowest BCUT2D eigenvalue weighted by Crippen LogP contribution is -2.36. The lowest BCUT2D eigenvalue weighted by molar-refractivity contribution is -0.121. The molecule has 0 aliphatic carbocycles. The molecule has 0 aliphatic heterocycles. The van der Waals surface area contributed by atoms with Crippen LogP contribution in [0.15, 0.2) is 59.5 Å². The fraction of sp³-hybridized carbons (Fsp3) is 0.409. The zero-order valence-electron chi connectivity index (χ0n) is 17.6. The van der Waals surface area contributed by atoms with Crippen LogP contribution in [0, 0.1) is 0 Å². The van der Waals surface area contributed by atoms with Crippen LogP contribution in [0.1, 0.15) is 50.9 Å². The second-order valence-electron chi connectivity index (χ2n) is 6.96. The molecule has 6 nitrogen and oxygen atoms in total. The van der Waals surface area contributed by atoms with Crippen molar-refractivity contribution in [1.82, 2.24) is 14.9 Å². The van der Waals surface area contributed by atoms with Crippen LogP contribution in [0.3, 0.4) is 0 Å². The summed E-state index contributed by atoms with van der Waals surface area (Å²) < 4.78 is 26.6. The number of carbonyl (C=O) groups is 1. The van der Waals surface area contributed by atoms with Crippen LogP contribution in [-0.4, -0.2) is 38.3 Å². The third-order valence-corrected chi connectivity index (χ3v) is 7.03. The van der Waals surface area contributed by atoms with Crippen LogP contribution >= 0.6 is 0 Å². The highest BCUT2D eigenvalue weighted by Gasteiger charge is 2.21. The minimum atomic E-state index is -3.46. The van der Waals surface area contributed by atoms with Gasteiger partial charge in [0.1, 0.15) is 0 Å². The van der Waals surface area contributed by atoms with E-state index in [1.165, 1.54) is 4.31 Å². The van der Waals surface area contributed by atoms with Crippen molar-refractivity contribution in [2.75, 3.05) is 19.6 Å². The highest BCUT2D eigenvalue weighted by molar-refractivity contribution is 7.89. The largest absolute Gasteiger partial charge is 0.348 e. The van der Waals surface area contributed by atoms with E-state index in [-0.39, 0.29) is 29.4 Å². The van der Waals surface area contributed by atoms with E-state index < -0.39 is 10.0 Å². The first-order chi connectivity index (χ1) is 13.8. The first-order valence-electron chi connectivity index (χ1n) is 9.97. The first kappa shape index (κ1) is 23.1. The van der Waals surface area contributed by atoms with Gasteiger partial charge in [-0.1, -0.05) is 56.3 Å². The molecule has 2 aromatic carbocycles. The number of sulfonamides is 1. The Labute approximate surface area is 174 Å². The molecular formula is C22H31N3O3S. The molecule has 0 heterocycles. The molecular weight excluding hydrogens is 386 g/mol. The van der Waals surface area contributed by atoms with Crippen molar-refractivity contribution in [3.63, 3.8) is 0 Å². The molecule has 2 rings (SSSR count). The van der Waals surface area contributed by atoms with Gasteiger partial charge in [-0.05, 0) is 37.1 Å². The molecule has 0 aromatic heterocycles. The average Bonchev–Trinajstić information content (AvgIpc) is 2.73. The van der Waals surface area contributed by atoms with Gasteiger partial charge < -0.3 is 10.6 Å². The zero-order valence-corrected chi connectivity index (χ0v) is 18.4. The van der Waals surface area contributed by atoms with Crippen LogP contribution < -0.4 is 10.6 Å². The summed E-state index contributed by atoms with van der Waals surface area (Å²) in [4.78, 5) is 12.5. The Balaban J connectivity index is 1.92. The summed E-state index contributed by atoms with van der Waals surface area (Å²) in [6.45, 7) is 8.60. The molecule has 1 amide bonds. The van der Waals surface area contributed by atoms with Crippen molar-refractivity contribution in [1.29, 1.82) is 0 Å². The normalized spacial score (nSPS) is 13.8. The van der Waals surface area contributed by atoms with Gasteiger partial charge in [-0.15, -0.1) is 0 Å². The molecule has 7 heteroatoms. The molecule has 0 saturated carbocycles. The fourth-order valence-corrected chi connectivity index (χ4v) is 4.58. The smallest absolute Gasteiger partial charge is 0.243 e. The first-order valence-corrected chi connectivity index (χ1v) is 11.4. The predicted octanol–water partition coefficient (Wildman–Crippen LogP) is 3.25. The standard InChI is InChI=1S/C22H31N3O3S/c1-5-25(6-2)29(27,28)21-14-12-20(13-15-21)17(3)23-16-22(26)24-18(4)19-10-8-7-9-11-19/h7-15,17-18,23H,5-6,16H2,1-4H3,(H,24,26)/t17-,18+/m0/s1. The molecule has 29 heavy (non-hydrogen) atoms. The number of hydrogen-bond donors (Lipinski definition) is 2. The van der Waals surface area contributed by atoms with Crippen molar-refractivity contribution >= 4 is 15.9 Å². The number of benzene rings is 2. The Bertz CT molecular complexity index is 879. The molecule has 0 aliphatic rings. The second-order valence-corrected chi connectivity index (χ2v) is 8.90. The highest BCUT2D eigenvalue weighted by Crippen LogP contribution is 2.19. The Morgan fingerprint density at radius 2 is 1.45 bits per heavy atom. The highest BCUT2D eigenvalue weighted by atomic mass is 32.2. The van der Waals surface area contributed by atoms with E-state index in [0.717, 1.165) is 11.1 Å². The quantitative estimate of drug-likeness (QED) is 0.622. The maximum absolute atomic E-state index is 12.6. The average molecular weight is 418 g/mol. The summed E-state index contributed by atoms with van der Waals surface area (Å²) in [5.41, 5.74) is 1.98. The second kappa shape index (κ2) is 10.5. The number of rotatable bonds is 10. The van der Waals surface area contributed by atoms with Gasteiger partial charge in [0.2, 0.25) is 15.9 Å².